The van der Waals surface area contributed by atoms with Gasteiger partial charge in [-0.25, -0.2) is 4.79 Å². The number of hydrogen-bond donors (Lipinski definition) is 4. The average molecular weight is 609 g/mol. The lowest BCUT2D eigenvalue weighted by atomic mass is 9.46. The highest BCUT2D eigenvalue weighted by atomic mass is 16.7. The Morgan fingerprint density at radius 2 is 1.84 bits per heavy atom. The van der Waals surface area contributed by atoms with E-state index in [2.05, 4.69) is 40.3 Å². The van der Waals surface area contributed by atoms with Gasteiger partial charge in [-0.3, -0.25) is 4.79 Å². The van der Waals surface area contributed by atoms with E-state index in [0.29, 0.717) is 30.4 Å². The summed E-state index contributed by atoms with van der Waals surface area (Å²) in [5, 5.41) is 41.4. The molecule has 0 bridgehead atoms. The van der Waals surface area contributed by atoms with Crippen molar-refractivity contribution in [2.24, 2.45) is 22.7 Å². The summed E-state index contributed by atoms with van der Waals surface area (Å²) in [6.45, 7) is 18.4. The molecule has 0 radical (unpaired) electrons. The zero-order valence-electron chi connectivity index (χ0n) is 26.9. The average Bonchev–Trinajstić information content (AvgIpc) is 2.93. The molecule has 4 N–H and O–H groups in total. The maximum Gasteiger partial charge on any atom is 0.333 e. The first kappa shape index (κ1) is 35.4. The van der Waals surface area contributed by atoms with E-state index in [-0.39, 0.29) is 23.9 Å². The molecule has 0 aromatic rings. The van der Waals surface area contributed by atoms with Crippen molar-refractivity contribution < 1.29 is 49.0 Å². The fourth-order valence-corrected chi connectivity index (χ4v) is 7.63. The summed E-state index contributed by atoms with van der Waals surface area (Å²) in [6.07, 6.45) is -2.09. The number of hydrogen-bond acceptors (Lipinski definition) is 10. The Morgan fingerprint density at radius 3 is 2.42 bits per heavy atom. The van der Waals surface area contributed by atoms with Crippen LogP contribution in [-0.2, 0) is 28.5 Å². The van der Waals surface area contributed by atoms with Crippen LogP contribution in [0.2, 0.25) is 0 Å². The summed E-state index contributed by atoms with van der Waals surface area (Å²) < 4.78 is 23.9. The van der Waals surface area contributed by atoms with Gasteiger partial charge in [0.1, 0.15) is 18.3 Å². The maximum atomic E-state index is 13.1. The van der Waals surface area contributed by atoms with E-state index in [0.717, 1.165) is 6.42 Å². The SMILES string of the molecule is C=C(CCC1C(C)=CCC2C(C)(C)C(OC(=O)C(C)=CC)C(OC3OC(C)C(OC(C)=O)C(O)C3O)CC12C)C(O)CO. The molecule has 0 aromatic heterocycles. The molecule has 43 heavy (non-hydrogen) atoms. The number of fused-ring (bicyclic) bond motifs is 1. The van der Waals surface area contributed by atoms with Crippen molar-refractivity contribution in [1.82, 2.24) is 0 Å². The van der Waals surface area contributed by atoms with Crippen LogP contribution in [0.3, 0.4) is 0 Å². The van der Waals surface area contributed by atoms with Gasteiger partial charge in [0.2, 0.25) is 0 Å². The van der Waals surface area contributed by atoms with E-state index >= 15 is 0 Å². The van der Waals surface area contributed by atoms with Crippen LogP contribution in [0.25, 0.3) is 0 Å². The number of aliphatic hydroxyl groups excluding tert-OH is 4. The van der Waals surface area contributed by atoms with Crippen LogP contribution in [0, 0.1) is 22.7 Å². The van der Waals surface area contributed by atoms with Crippen LogP contribution < -0.4 is 0 Å². The van der Waals surface area contributed by atoms with Gasteiger partial charge in [-0.15, -0.1) is 0 Å². The molecule has 1 saturated carbocycles. The van der Waals surface area contributed by atoms with Crippen LogP contribution in [0.4, 0.5) is 0 Å². The minimum Gasteiger partial charge on any atom is -0.457 e. The van der Waals surface area contributed by atoms with Gasteiger partial charge >= 0.3 is 11.9 Å². The number of allylic oxidation sites excluding steroid dienone is 3. The van der Waals surface area contributed by atoms with E-state index < -0.39 is 66.4 Å². The van der Waals surface area contributed by atoms with Gasteiger partial charge < -0.3 is 39.4 Å². The Hall–Kier alpha value is -2.08. The maximum absolute atomic E-state index is 13.1. The molecule has 3 rings (SSSR count). The first-order valence-corrected chi connectivity index (χ1v) is 15.3. The smallest absolute Gasteiger partial charge is 0.333 e. The lowest BCUT2D eigenvalue weighted by Gasteiger charge is -2.61. The largest absolute Gasteiger partial charge is 0.457 e. The van der Waals surface area contributed by atoms with E-state index in [9.17, 15) is 30.0 Å². The minimum atomic E-state index is -1.52. The number of aliphatic hydroxyl groups is 4. The highest BCUT2D eigenvalue weighted by molar-refractivity contribution is 5.87. The molecule has 11 atom stereocenters. The third kappa shape index (κ3) is 7.26. The molecule has 1 heterocycles. The van der Waals surface area contributed by atoms with Crippen molar-refractivity contribution in [1.29, 1.82) is 0 Å². The third-order valence-corrected chi connectivity index (χ3v) is 10.2. The molecule has 0 amide bonds. The molecule has 0 spiro atoms. The van der Waals surface area contributed by atoms with Gasteiger partial charge in [0.15, 0.2) is 12.4 Å². The summed E-state index contributed by atoms with van der Waals surface area (Å²) >= 11 is 0. The minimum absolute atomic E-state index is 0.0725. The number of carbonyl (C=O) groups is 2. The number of esters is 2. The lowest BCUT2D eigenvalue weighted by Crippen LogP contribution is -2.64. The summed E-state index contributed by atoms with van der Waals surface area (Å²) in [4.78, 5) is 24.7. The lowest BCUT2D eigenvalue weighted by molar-refractivity contribution is -0.326. The highest BCUT2D eigenvalue weighted by Gasteiger charge is 2.61. The molecule has 0 aromatic carbocycles. The third-order valence-electron chi connectivity index (χ3n) is 10.2. The van der Waals surface area contributed by atoms with Crippen molar-refractivity contribution in [3.05, 3.63) is 35.5 Å². The van der Waals surface area contributed by atoms with Gasteiger partial charge in [-0.2, -0.15) is 0 Å². The van der Waals surface area contributed by atoms with Crippen molar-refractivity contribution in [2.75, 3.05) is 6.61 Å². The van der Waals surface area contributed by atoms with Gasteiger partial charge in [-0.05, 0) is 76.2 Å². The molecule has 1 aliphatic heterocycles. The molecule has 11 unspecified atom stereocenters. The summed E-state index contributed by atoms with van der Waals surface area (Å²) in [7, 11) is 0. The van der Waals surface area contributed by atoms with E-state index in [1.165, 1.54) is 12.5 Å². The van der Waals surface area contributed by atoms with Crippen molar-refractivity contribution >= 4 is 11.9 Å². The Kier molecular flexibility index (Phi) is 11.5. The molecule has 2 fully saturated rings. The van der Waals surface area contributed by atoms with Gasteiger partial charge in [0.25, 0.3) is 0 Å². The standard InChI is InChI=1S/C33H52O10/c1-10-17(2)30(39)43-29-24(42-31-27(38)26(37)28(20(5)40-31)41-21(6)35)15-33(9)22(13-11-19(4)23(36)16-34)18(3)12-14-25(33)32(29,7)8/h10,12,20,22-29,31,34,36-38H,4,11,13-16H2,1-3,5-9H3. The second-order valence-corrected chi connectivity index (χ2v) is 13.5. The van der Waals surface area contributed by atoms with Gasteiger partial charge in [0, 0.05) is 17.9 Å². The van der Waals surface area contributed by atoms with Crippen LogP contribution in [0.1, 0.15) is 81.1 Å². The predicted octanol–water partition coefficient (Wildman–Crippen LogP) is 3.36. The quantitative estimate of drug-likeness (QED) is 0.165. The van der Waals surface area contributed by atoms with Crippen LogP contribution in [0.15, 0.2) is 35.5 Å². The zero-order chi connectivity index (χ0) is 32.4. The molecular formula is C33H52O10. The second kappa shape index (κ2) is 13.9. The Bertz CT molecular complexity index is 1100. The summed E-state index contributed by atoms with van der Waals surface area (Å²) in [5.74, 6) is -0.905. The van der Waals surface area contributed by atoms with Crippen molar-refractivity contribution in [3.63, 3.8) is 0 Å². The van der Waals surface area contributed by atoms with Crippen LogP contribution in [0.5, 0.6) is 0 Å². The normalized spacial score (nSPS) is 38.4. The summed E-state index contributed by atoms with van der Waals surface area (Å²) in [6, 6.07) is 0. The Balaban J connectivity index is 1.99. The zero-order valence-corrected chi connectivity index (χ0v) is 26.9. The van der Waals surface area contributed by atoms with E-state index in [4.69, 9.17) is 18.9 Å². The van der Waals surface area contributed by atoms with Crippen LogP contribution >= 0.6 is 0 Å². The molecule has 244 valence electrons. The first-order valence-electron chi connectivity index (χ1n) is 15.3. The second-order valence-electron chi connectivity index (χ2n) is 13.5. The van der Waals surface area contributed by atoms with Crippen LogP contribution in [-0.4, -0.2) is 88.0 Å². The van der Waals surface area contributed by atoms with E-state index in [1.807, 2.05) is 0 Å². The van der Waals surface area contributed by atoms with Crippen molar-refractivity contribution in [3.8, 4) is 0 Å². The molecular weight excluding hydrogens is 556 g/mol. The molecule has 2 aliphatic carbocycles. The number of rotatable bonds is 10. The first-order chi connectivity index (χ1) is 20.0. The molecule has 1 saturated heterocycles. The van der Waals surface area contributed by atoms with Gasteiger partial charge in [0.05, 0.1) is 24.9 Å². The summed E-state index contributed by atoms with van der Waals surface area (Å²) in [5.41, 5.74) is 1.31. The molecule has 10 nitrogen and oxygen atoms in total. The Labute approximate surface area is 255 Å². The molecule has 3 aliphatic rings. The van der Waals surface area contributed by atoms with Crippen molar-refractivity contribution in [2.45, 2.75) is 130 Å². The monoisotopic (exact) mass is 608 g/mol. The van der Waals surface area contributed by atoms with E-state index in [1.54, 1.807) is 26.8 Å². The fraction of sp³-hybridized carbons (Fsp3) is 0.758. The Morgan fingerprint density at radius 1 is 1.19 bits per heavy atom. The predicted molar refractivity (Wildman–Crippen MR) is 159 cm³/mol. The highest BCUT2D eigenvalue weighted by Crippen LogP contribution is 2.62. The molecule has 10 heteroatoms. The topological polar surface area (TPSA) is 152 Å². The number of ether oxygens (including phenoxy) is 4. The van der Waals surface area contributed by atoms with Gasteiger partial charge in [-0.1, -0.05) is 45.1 Å². The number of carbonyl (C=O) groups excluding carboxylic acids is 2. The fourth-order valence-electron chi connectivity index (χ4n) is 7.63.